The van der Waals surface area contributed by atoms with E-state index in [4.69, 9.17) is 0 Å². The summed E-state index contributed by atoms with van der Waals surface area (Å²) in [7, 11) is 0. The maximum absolute atomic E-state index is 12.2. The summed E-state index contributed by atoms with van der Waals surface area (Å²) in [6.45, 7) is 4.04. The second-order valence-corrected chi connectivity index (χ2v) is 6.07. The van der Waals surface area contributed by atoms with Crippen molar-refractivity contribution in [2.75, 3.05) is 44.2 Å². The standard InChI is InChI=1S/C17H24N4O2.ClH/c22-16(13-19-17(23)15-7-4-8-18-15)21-11-9-20(10-12-21)14-5-2-1-3-6-14;/h1-3,5-6,15,18H,4,7-13H2,(H,19,23);1H/t15-;/m0./s1. The zero-order valence-corrected chi connectivity index (χ0v) is 14.6. The molecular formula is C17H25ClN4O2. The number of rotatable bonds is 4. The highest BCUT2D eigenvalue weighted by atomic mass is 35.5. The Morgan fingerprint density at radius 2 is 1.83 bits per heavy atom. The van der Waals surface area contributed by atoms with Crippen molar-refractivity contribution >= 4 is 29.9 Å². The number of nitrogens with zero attached hydrogens (tertiary/aromatic N) is 2. The number of halogens is 1. The van der Waals surface area contributed by atoms with Crippen LogP contribution >= 0.6 is 12.4 Å². The van der Waals surface area contributed by atoms with Gasteiger partial charge in [-0.25, -0.2) is 0 Å². The molecule has 2 aliphatic rings. The van der Waals surface area contributed by atoms with Gasteiger partial charge in [0.1, 0.15) is 0 Å². The molecule has 0 bridgehead atoms. The molecule has 1 atom stereocenters. The number of nitrogens with one attached hydrogen (secondary N) is 2. The minimum Gasteiger partial charge on any atom is -0.368 e. The number of piperazine rings is 1. The third-order valence-electron chi connectivity index (χ3n) is 4.54. The smallest absolute Gasteiger partial charge is 0.242 e. The van der Waals surface area contributed by atoms with E-state index in [0.29, 0.717) is 13.1 Å². The van der Waals surface area contributed by atoms with Crippen LogP contribution in [0.1, 0.15) is 12.8 Å². The van der Waals surface area contributed by atoms with Crippen LogP contribution in [-0.2, 0) is 9.59 Å². The van der Waals surface area contributed by atoms with Crippen molar-refractivity contribution in [3.63, 3.8) is 0 Å². The molecule has 7 heteroatoms. The number of amides is 2. The highest BCUT2D eigenvalue weighted by Gasteiger charge is 2.24. The first-order valence-corrected chi connectivity index (χ1v) is 8.33. The summed E-state index contributed by atoms with van der Waals surface area (Å²) in [5, 5.41) is 5.90. The van der Waals surface area contributed by atoms with E-state index >= 15 is 0 Å². The Morgan fingerprint density at radius 3 is 2.46 bits per heavy atom. The lowest BCUT2D eigenvalue weighted by molar-refractivity contribution is -0.133. The molecule has 0 aliphatic carbocycles. The highest BCUT2D eigenvalue weighted by molar-refractivity contribution is 5.87. The van der Waals surface area contributed by atoms with Gasteiger partial charge in [0.05, 0.1) is 12.6 Å². The van der Waals surface area contributed by atoms with E-state index in [1.165, 1.54) is 5.69 Å². The van der Waals surface area contributed by atoms with Crippen molar-refractivity contribution in [1.29, 1.82) is 0 Å². The van der Waals surface area contributed by atoms with E-state index in [1.807, 2.05) is 23.1 Å². The molecule has 0 spiro atoms. The third kappa shape index (κ3) is 4.61. The topological polar surface area (TPSA) is 64.7 Å². The maximum Gasteiger partial charge on any atom is 0.242 e. The number of carbonyl (C=O) groups is 2. The van der Waals surface area contributed by atoms with E-state index in [9.17, 15) is 9.59 Å². The molecule has 2 amide bonds. The first kappa shape index (κ1) is 18.5. The van der Waals surface area contributed by atoms with Crippen molar-refractivity contribution < 1.29 is 9.59 Å². The van der Waals surface area contributed by atoms with Gasteiger partial charge in [-0.1, -0.05) is 18.2 Å². The summed E-state index contributed by atoms with van der Waals surface area (Å²) in [5.41, 5.74) is 1.19. The van der Waals surface area contributed by atoms with Crippen LogP contribution in [0, 0.1) is 0 Å². The van der Waals surface area contributed by atoms with Gasteiger partial charge in [-0.05, 0) is 31.5 Å². The summed E-state index contributed by atoms with van der Waals surface area (Å²) in [6, 6.07) is 10.1. The van der Waals surface area contributed by atoms with Gasteiger partial charge in [0.2, 0.25) is 11.8 Å². The van der Waals surface area contributed by atoms with Gasteiger partial charge in [0.15, 0.2) is 0 Å². The van der Waals surface area contributed by atoms with Crippen molar-refractivity contribution in [1.82, 2.24) is 15.5 Å². The van der Waals surface area contributed by atoms with Crippen LogP contribution in [0.3, 0.4) is 0 Å². The second-order valence-electron chi connectivity index (χ2n) is 6.07. The summed E-state index contributed by atoms with van der Waals surface area (Å²) in [6.07, 6.45) is 1.88. The molecule has 1 aromatic carbocycles. The molecule has 24 heavy (non-hydrogen) atoms. The summed E-state index contributed by atoms with van der Waals surface area (Å²) in [5.74, 6) is -0.0529. The Hall–Kier alpha value is -1.79. The number of hydrogen-bond acceptors (Lipinski definition) is 4. The van der Waals surface area contributed by atoms with Crippen LogP contribution in [0.5, 0.6) is 0 Å². The van der Waals surface area contributed by atoms with Gasteiger partial charge < -0.3 is 20.4 Å². The zero-order chi connectivity index (χ0) is 16.1. The monoisotopic (exact) mass is 352 g/mol. The van der Waals surface area contributed by atoms with Crippen molar-refractivity contribution in [3.8, 4) is 0 Å². The predicted octanol–water partition coefficient (Wildman–Crippen LogP) is 0.625. The average Bonchev–Trinajstić information content (AvgIpc) is 3.15. The second kappa shape index (κ2) is 8.89. The van der Waals surface area contributed by atoms with Crippen molar-refractivity contribution in [2.45, 2.75) is 18.9 Å². The van der Waals surface area contributed by atoms with Gasteiger partial charge in [0, 0.05) is 31.9 Å². The Kier molecular flexibility index (Phi) is 6.87. The molecule has 2 heterocycles. The molecule has 1 aromatic rings. The SMILES string of the molecule is Cl.O=C(NCC(=O)N1CCN(c2ccccc2)CC1)[C@@H]1CCCN1. The first-order chi connectivity index (χ1) is 11.2. The van der Waals surface area contributed by atoms with Crippen LogP contribution in [0.2, 0.25) is 0 Å². The molecule has 0 unspecified atom stereocenters. The lowest BCUT2D eigenvalue weighted by Gasteiger charge is -2.36. The largest absolute Gasteiger partial charge is 0.368 e. The van der Waals surface area contributed by atoms with E-state index < -0.39 is 0 Å². The Morgan fingerprint density at radius 1 is 1.12 bits per heavy atom. The predicted molar refractivity (Wildman–Crippen MR) is 96.5 cm³/mol. The molecule has 2 N–H and O–H groups in total. The number of hydrogen-bond donors (Lipinski definition) is 2. The van der Waals surface area contributed by atoms with Gasteiger partial charge in [-0.2, -0.15) is 0 Å². The molecule has 2 saturated heterocycles. The van der Waals surface area contributed by atoms with Crippen LogP contribution in [-0.4, -0.2) is 62.0 Å². The fourth-order valence-electron chi connectivity index (χ4n) is 3.16. The molecule has 2 aliphatic heterocycles. The number of carbonyl (C=O) groups excluding carboxylic acids is 2. The molecule has 0 radical (unpaired) electrons. The molecule has 2 fully saturated rings. The summed E-state index contributed by atoms with van der Waals surface area (Å²) < 4.78 is 0. The average molecular weight is 353 g/mol. The van der Waals surface area contributed by atoms with Gasteiger partial charge in [-0.3, -0.25) is 9.59 Å². The van der Waals surface area contributed by atoms with E-state index in [-0.39, 0.29) is 36.8 Å². The van der Waals surface area contributed by atoms with E-state index in [0.717, 1.165) is 32.5 Å². The minimum absolute atomic E-state index is 0. The highest BCUT2D eigenvalue weighted by Crippen LogP contribution is 2.15. The summed E-state index contributed by atoms with van der Waals surface area (Å²) in [4.78, 5) is 28.3. The maximum atomic E-state index is 12.2. The number of benzene rings is 1. The Bertz CT molecular complexity index is 541. The van der Waals surface area contributed by atoms with Gasteiger partial charge in [0.25, 0.3) is 0 Å². The Labute approximate surface area is 149 Å². The van der Waals surface area contributed by atoms with Crippen LogP contribution in [0.15, 0.2) is 30.3 Å². The Balaban J connectivity index is 0.00000208. The van der Waals surface area contributed by atoms with Crippen molar-refractivity contribution in [3.05, 3.63) is 30.3 Å². The van der Waals surface area contributed by atoms with E-state index in [1.54, 1.807) is 0 Å². The third-order valence-corrected chi connectivity index (χ3v) is 4.54. The quantitative estimate of drug-likeness (QED) is 0.834. The number of para-hydroxylation sites is 1. The molecule has 6 nitrogen and oxygen atoms in total. The molecule has 3 rings (SSSR count). The molecule has 0 aromatic heterocycles. The van der Waals surface area contributed by atoms with Crippen molar-refractivity contribution in [2.24, 2.45) is 0 Å². The van der Waals surface area contributed by atoms with Gasteiger partial charge >= 0.3 is 0 Å². The first-order valence-electron chi connectivity index (χ1n) is 8.33. The summed E-state index contributed by atoms with van der Waals surface area (Å²) >= 11 is 0. The molecular weight excluding hydrogens is 328 g/mol. The van der Waals surface area contributed by atoms with Crippen LogP contribution < -0.4 is 15.5 Å². The fourth-order valence-corrected chi connectivity index (χ4v) is 3.16. The zero-order valence-electron chi connectivity index (χ0n) is 13.7. The number of anilines is 1. The van der Waals surface area contributed by atoms with E-state index in [2.05, 4.69) is 27.7 Å². The fraction of sp³-hybridized carbons (Fsp3) is 0.529. The normalized spacial score (nSPS) is 20.4. The lowest BCUT2D eigenvalue weighted by atomic mass is 10.2. The molecule has 132 valence electrons. The van der Waals surface area contributed by atoms with Crippen LogP contribution in [0.4, 0.5) is 5.69 Å². The van der Waals surface area contributed by atoms with Crippen LogP contribution in [0.25, 0.3) is 0 Å². The lowest BCUT2D eigenvalue weighted by Crippen LogP contribution is -2.52. The molecule has 0 saturated carbocycles. The minimum atomic E-state index is -0.127. The van der Waals surface area contributed by atoms with Gasteiger partial charge in [-0.15, -0.1) is 12.4 Å².